The normalized spacial score (nSPS) is 18.2. The van der Waals surface area contributed by atoms with Crippen LogP contribution in [-0.4, -0.2) is 46.5 Å². The number of nitrogens with two attached hydrogens (primary N) is 1. The molecule has 0 aromatic heterocycles. The summed E-state index contributed by atoms with van der Waals surface area (Å²) in [5, 5.41) is 0. The Kier molecular flexibility index (Phi) is 11.9. The molecule has 0 aromatic carbocycles. The van der Waals surface area contributed by atoms with E-state index in [4.69, 9.17) is 10.6 Å². The zero-order valence-corrected chi connectivity index (χ0v) is 21.1. The number of hydrogen-bond donors (Lipinski definition) is 2. The van der Waals surface area contributed by atoms with Crippen LogP contribution in [-0.2, 0) is 19.6 Å². The molecule has 0 aliphatic heterocycles. The van der Waals surface area contributed by atoms with Crippen molar-refractivity contribution in [2.24, 2.45) is 22.1 Å². The Morgan fingerprint density at radius 3 is 2.12 bits per heavy atom. The number of alkyl halides is 2. The Morgan fingerprint density at radius 1 is 1.12 bits per heavy atom. The van der Waals surface area contributed by atoms with Crippen LogP contribution in [0.15, 0.2) is 37.5 Å². The Labute approximate surface area is 193 Å². The third-order valence-corrected chi connectivity index (χ3v) is 8.38. The van der Waals surface area contributed by atoms with Gasteiger partial charge in [-0.05, 0) is 32.1 Å². The van der Waals surface area contributed by atoms with E-state index in [2.05, 4.69) is 29.3 Å². The minimum absolute atomic E-state index is 0.0160. The largest absolute Gasteiger partial charge is 0.378 e. The molecule has 0 aromatic rings. The highest BCUT2D eigenvalue weighted by Gasteiger charge is 2.67. The van der Waals surface area contributed by atoms with Crippen molar-refractivity contribution in [2.45, 2.75) is 59.8 Å². The van der Waals surface area contributed by atoms with Crippen molar-refractivity contribution in [1.29, 1.82) is 0 Å². The van der Waals surface area contributed by atoms with E-state index in [1.54, 1.807) is 6.92 Å². The van der Waals surface area contributed by atoms with E-state index in [1.165, 1.54) is 19.9 Å². The third kappa shape index (κ3) is 6.26. The van der Waals surface area contributed by atoms with E-state index in [0.717, 1.165) is 6.08 Å². The molecule has 3 atom stereocenters. The second kappa shape index (κ2) is 12.4. The minimum Gasteiger partial charge on any atom is -0.378 e. The molecule has 0 spiro atoms. The molecular formula is C23H42F2N2O4S. The Balaban J connectivity index is 6.18. The molecule has 0 aliphatic rings. The highest BCUT2D eigenvalue weighted by atomic mass is 32.2. The SMILES string of the molecule is C=CC(C)(C(C)(CC)CCC)C(F)(F)[C@](C=C)(CS(=O)(=O)NCCOCCON)C(=C)C. The molecule has 9 heteroatoms. The standard InChI is InChI=1S/C23H42F2N2O4S/c1-9-13-20(7,10-2)21(8,11-3)23(24,25)22(12-4,19(5)6)18-32(28,29)27-14-15-30-16-17-31-26/h11-12,27H,3-5,9-10,13-18,26H2,1-2,6-8H3/t20?,21?,22-/m1/s1. The highest BCUT2D eigenvalue weighted by molar-refractivity contribution is 7.89. The van der Waals surface area contributed by atoms with Gasteiger partial charge in [-0.1, -0.05) is 51.5 Å². The van der Waals surface area contributed by atoms with Crippen LogP contribution in [0, 0.1) is 16.2 Å². The fraction of sp³-hybridized carbons (Fsp3) is 0.739. The van der Waals surface area contributed by atoms with Crippen LogP contribution in [0.4, 0.5) is 8.78 Å². The van der Waals surface area contributed by atoms with Crippen LogP contribution >= 0.6 is 0 Å². The molecule has 0 radical (unpaired) electrons. The molecule has 32 heavy (non-hydrogen) atoms. The maximum Gasteiger partial charge on any atom is 0.270 e. The van der Waals surface area contributed by atoms with Crippen molar-refractivity contribution < 1.29 is 26.8 Å². The summed E-state index contributed by atoms with van der Waals surface area (Å²) in [6.07, 6.45) is 3.98. The van der Waals surface area contributed by atoms with Gasteiger partial charge in [0.25, 0.3) is 5.92 Å². The number of nitrogens with one attached hydrogen (secondary N) is 1. The predicted octanol–water partition coefficient (Wildman–Crippen LogP) is 4.61. The summed E-state index contributed by atoms with van der Waals surface area (Å²) < 4.78 is 66.3. The van der Waals surface area contributed by atoms with Crippen LogP contribution in [0.25, 0.3) is 0 Å². The van der Waals surface area contributed by atoms with Crippen molar-refractivity contribution in [3.8, 4) is 0 Å². The molecule has 0 heterocycles. The lowest BCUT2D eigenvalue weighted by molar-refractivity contribution is -0.194. The smallest absolute Gasteiger partial charge is 0.270 e. The topological polar surface area (TPSA) is 90.7 Å². The minimum atomic E-state index is -4.14. The van der Waals surface area contributed by atoms with Crippen LogP contribution in [0.3, 0.4) is 0 Å². The van der Waals surface area contributed by atoms with Crippen molar-refractivity contribution >= 4 is 10.0 Å². The molecule has 0 fully saturated rings. The fourth-order valence-electron chi connectivity index (χ4n) is 4.24. The van der Waals surface area contributed by atoms with Crippen molar-refractivity contribution in [2.75, 3.05) is 32.1 Å². The summed E-state index contributed by atoms with van der Waals surface area (Å²) in [5.41, 5.74) is -4.74. The number of ether oxygens (including phenoxy) is 1. The van der Waals surface area contributed by atoms with E-state index < -0.39 is 37.9 Å². The third-order valence-electron chi connectivity index (χ3n) is 6.90. The maximum atomic E-state index is 16.6. The second-order valence-corrected chi connectivity index (χ2v) is 10.5. The van der Waals surface area contributed by atoms with Crippen molar-refractivity contribution in [3.05, 3.63) is 37.5 Å². The summed E-state index contributed by atoms with van der Waals surface area (Å²) in [4.78, 5) is 4.35. The molecule has 2 unspecified atom stereocenters. The Bertz CT molecular complexity index is 744. The van der Waals surface area contributed by atoms with Gasteiger partial charge in [-0.3, -0.25) is 0 Å². The van der Waals surface area contributed by atoms with Gasteiger partial charge in [-0.25, -0.2) is 27.8 Å². The summed E-state index contributed by atoms with van der Waals surface area (Å²) >= 11 is 0. The molecule has 188 valence electrons. The lowest BCUT2D eigenvalue weighted by Gasteiger charge is -2.55. The summed E-state index contributed by atoms with van der Waals surface area (Å²) in [6, 6.07) is 0. The Hall–Kier alpha value is -1.13. The van der Waals surface area contributed by atoms with Gasteiger partial charge in [-0.2, -0.15) is 0 Å². The first-order valence-electron chi connectivity index (χ1n) is 10.9. The van der Waals surface area contributed by atoms with Crippen molar-refractivity contribution in [1.82, 2.24) is 4.72 Å². The molecule has 0 bridgehead atoms. The summed E-state index contributed by atoms with van der Waals surface area (Å²) in [5.74, 6) is 0.447. The number of allylic oxidation sites excluding steroid dienone is 3. The molecule has 0 aliphatic carbocycles. The molecule has 0 rings (SSSR count). The number of rotatable bonds is 18. The van der Waals surface area contributed by atoms with Gasteiger partial charge in [0.1, 0.15) is 0 Å². The molecule has 6 nitrogen and oxygen atoms in total. The maximum absolute atomic E-state index is 16.6. The first-order chi connectivity index (χ1) is 14.7. The van der Waals surface area contributed by atoms with Crippen LogP contribution in [0.1, 0.15) is 53.9 Å². The van der Waals surface area contributed by atoms with Crippen molar-refractivity contribution in [3.63, 3.8) is 0 Å². The van der Waals surface area contributed by atoms with E-state index in [1.807, 2.05) is 13.8 Å². The van der Waals surface area contributed by atoms with E-state index in [0.29, 0.717) is 19.3 Å². The van der Waals surface area contributed by atoms with Gasteiger partial charge in [0.05, 0.1) is 36.4 Å². The van der Waals surface area contributed by atoms with E-state index >= 15 is 8.78 Å². The first kappa shape index (κ1) is 30.9. The molecule has 3 N–H and O–H groups in total. The highest BCUT2D eigenvalue weighted by Crippen LogP contribution is 2.62. The van der Waals surface area contributed by atoms with Gasteiger partial charge in [0, 0.05) is 6.54 Å². The van der Waals surface area contributed by atoms with Gasteiger partial charge in [0.2, 0.25) is 10.0 Å². The molecule has 0 amide bonds. The number of sulfonamides is 1. The van der Waals surface area contributed by atoms with E-state index in [9.17, 15) is 8.42 Å². The zero-order valence-electron chi connectivity index (χ0n) is 20.3. The molecular weight excluding hydrogens is 438 g/mol. The monoisotopic (exact) mass is 480 g/mol. The number of hydrogen-bond acceptors (Lipinski definition) is 5. The predicted molar refractivity (Wildman–Crippen MR) is 127 cm³/mol. The zero-order chi connectivity index (χ0) is 25.3. The average molecular weight is 481 g/mol. The first-order valence-corrected chi connectivity index (χ1v) is 12.5. The quantitative estimate of drug-likeness (QED) is 0.170. The van der Waals surface area contributed by atoms with Crippen LogP contribution in [0.2, 0.25) is 0 Å². The average Bonchev–Trinajstić information content (AvgIpc) is 2.73. The second-order valence-electron chi connectivity index (χ2n) is 8.74. The van der Waals surface area contributed by atoms with Crippen LogP contribution in [0.5, 0.6) is 0 Å². The molecule has 0 saturated carbocycles. The number of halogens is 2. The van der Waals surface area contributed by atoms with Gasteiger partial charge < -0.3 is 9.57 Å². The molecule has 0 saturated heterocycles. The van der Waals surface area contributed by atoms with E-state index in [-0.39, 0.29) is 31.9 Å². The van der Waals surface area contributed by atoms with Gasteiger partial charge in [-0.15, -0.1) is 13.2 Å². The van der Waals surface area contributed by atoms with Crippen LogP contribution < -0.4 is 10.6 Å². The van der Waals surface area contributed by atoms with Gasteiger partial charge >= 0.3 is 0 Å². The summed E-state index contributed by atoms with van der Waals surface area (Å²) in [6.45, 7) is 19.9. The lowest BCUT2D eigenvalue weighted by atomic mass is 9.53. The van der Waals surface area contributed by atoms with Gasteiger partial charge in [0.15, 0.2) is 0 Å². The fourth-order valence-corrected chi connectivity index (χ4v) is 5.89. The summed E-state index contributed by atoms with van der Waals surface area (Å²) in [7, 11) is -4.14. The Morgan fingerprint density at radius 2 is 1.72 bits per heavy atom. The lowest BCUT2D eigenvalue weighted by Crippen LogP contribution is -2.60.